The number of pyridine rings is 1. The van der Waals surface area contributed by atoms with Crippen LogP contribution in [-0.2, 0) is 16.1 Å². The first-order chi connectivity index (χ1) is 7.16. The molecule has 2 heterocycles. The molecule has 0 amide bonds. The Bertz CT molecular complexity index is 398. The van der Waals surface area contributed by atoms with Crippen molar-refractivity contribution in [2.24, 2.45) is 0 Å². The van der Waals surface area contributed by atoms with Gasteiger partial charge in [0.2, 0.25) is 0 Å². The minimum atomic E-state index is -0.959. The molecule has 0 fully saturated rings. The third-order valence-electron chi connectivity index (χ3n) is 2.09. The molecule has 0 radical (unpaired) electrons. The van der Waals surface area contributed by atoms with Gasteiger partial charge in [-0.25, -0.2) is 0 Å². The van der Waals surface area contributed by atoms with Crippen LogP contribution in [0.5, 0.6) is 0 Å². The molecule has 0 aromatic carbocycles. The summed E-state index contributed by atoms with van der Waals surface area (Å²) in [4.78, 5) is 14.4. The standard InChI is InChI=1S/C8H9BN2O4/c12-8(13)3-10-5-1-6-7(11-2-5)4-15-9(6)14/h1-2,10,14H,3-4H2,(H,12,13). The van der Waals surface area contributed by atoms with E-state index in [9.17, 15) is 9.82 Å². The van der Waals surface area contributed by atoms with Crippen LogP contribution in [0, 0.1) is 0 Å². The van der Waals surface area contributed by atoms with Gasteiger partial charge in [-0.3, -0.25) is 9.78 Å². The summed E-state index contributed by atoms with van der Waals surface area (Å²) in [5, 5.41) is 20.5. The molecule has 7 heteroatoms. The van der Waals surface area contributed by atoms with Crippen molar-refractivity contribution in [3.63, 3.8) is 0 Å². The lowest BCUT2D eigenvalue weighted by Crippen LogP contribution is -2.29. The SMILES string of the molecule is O=C(O)CNc1cnc2c(c1)B(O)OC2. The molecule has 0 atom stereocenters. The van der Waals surface area contributed by atoms with E-state index in [0.29, 0.717) is 16.8 Å². The van der Waals surface area contributed by atoms with E-state index < -0.39 is 13.1 Å². The van der Waals surface area contributed by atoms with Gasteiger partial charge in [0.05, 0.1) is 24.2 Å². The van der Waals surface area contributed by atoms with Crippen molar-refractivity contribution in [1.82, 2.24) is 4.98 Å². The Balaban J connectivity index is 2.14. The zero-order chi connectivity index (χ0) is 10.8. The number of nitrogens with one attached hydrogen (secondary N) is 1. The van der Waals surface area contributed by atoms with Crippen LogP contribution in [0.15, 0.2) is 12.3 Å². The number of hydrogen-bond acceptors (Lipinski definition) is 5. The maximum atomic E-state index is 10.3. The van der Waals surface area contributed by atoms with Crippen molar-refractivity contribution in [3.8, 4) is 0 Å². The van der Waals surface area contributed by atoms with Crippen LogP contribution in [0.3, 0.4) is 0 Å². The molecule has 0 saturated carbocycles. The fourth-order valence-electron chi connectivity index (χ4n) is 1.37. The van der Waals surface area contributed by atoms with Crippen LogP contribution in [0.1, 0.15) is 5.69 Å². The molecule has 15 heavy (non-hydrogen) atoms. The summed E-state index contributed by atoms with van der Waals surface area (Å²) in [6, 6.07) is 1.64. The number of rotatable bonds is 3. The van der Waals surface area contributed by atoms with E-state index >= 15 is 0 Å². The summed E-state index contributed by atoms with van der Waals surface area (Å²) < 4.78 is 4.95. The highest BCUT2D eigenvalue weighted by Gasteiger charge is 2.28. The van der Waals surface area contributed by atoms with Gasteiger partial charge in [-0.2, -0.15) is 0 Å². The van der Waals surface area contributed by atoms with Gasteiger partial charge in [0.1, 0.15) is 6.54 Å². The Morgan fingerprint density at radius 3 is 3.27 bits per heavy atom. The van der Waals surface area contributed by atoms with Gasteiger partial charge in [0.15, 0.2) is 0 Å². The Kier molecular flexibility index (Phi) is 2.57. The molecular weight excluding hydrogens is 199 g/mol. The van der Waals surface area contributed by atoms with Crippen LogP contribution in [0.25, 0.3) is 0 Å². The number of hydrogen-bond donors (Lipinski definition) is 3. The second-order valence-electron chi connectivity index (χ2n) is 3.17. The molecule has 78 valence electrons. The molecule has 3 N–H and O–H groups in total. The minimum absolute atomic E-state index is 0.183. The van der Waals surface area contributed by atoms with E-state index in [-0.39, 0.29) is 13.2 Å². The fraction of sp³-hybridized carbons (Fsp3) is 0.250. The number of carbonyl (C=O) groups is 1. The van der Waals surface area contributed by atoms with Crippen molar-refractivity contribution in [3.05, 3.63) is 18.0 Å². The zero-order valence-corrected chi connectivity index (χ0v) is 7.80. The molecule has 2 rings (SSSR count). The Hall–Kier alpha value is -1.60. The van der Waals surface area contributed by atoms with E-state index in [0.717, 1.165) is 0 Å². The van der Waals surface area contributed by atoms with Gasteiger partial charge in [-0.05, 0) is 6.07 Å². The highest BCUT2D eigenvalue weighted by molar-refractivity contribution is 6.61. The number of anilines is 1. The summed E-state index contributed by atoms with van der Waals surface area (Å²) in [6.07, 6.45) is 1.52. The molecule has 6 nitrogen and oxygen atoms in total. The van der Waals surface area contributed by atoms with E-state index in [1.165, 1.54) is 6.20 Å². The molecular formula is C8H9BN2O4. The smallest absolute Gasteiger partial charge is 0.480 e. The summed E-state index contributed by atoms with van der Waals surface area (Å²) in [5.74, 6) is -0.952. The van der Waals surface area contributed by atoms with Crippen molar-refractivity contribution in [2.75, 3.05) is 11.9 Å². The molecule has 1 aromatic heterocycles. The molecule has 1 aromatic rings. The van der Waals surface area contributed by atoms with Gasteiger partial charge < -0.3 is 20.1 Å². The highest BCUT2D eigenvalue weighted by Crippen LogP contribution is 2.10. The van der Waals surface area contributed by atoms with Crippen molar-refractivity contribution in [2.45, 2.75) is 6.61 Å². The highest BCUT2D eigenvalue weighted by atomic mass is 16.5. The van der Waals surface area contributed by atoms with E-state index in [2.05, 4.69) is 10.3 Å². The topological polar surface area (TPSA) is 91.7 Å². The quantitative estimate of drug-likeness (QED) is 0.540. The van der Waals surface area contributed by atoms with E-state index in [4.69, 9.17) is 9.76 Å². The molecule has 0 spiro atoms. The van der Waals surface area contributed by atoms with Crippen LogP contribution >= 0.6 is 0 Å². The van der Waals surface area contributed by atoms with E-state index in [1.54, 1.807) is 6.07 Å². The number of carboxylic acids is 1. The first-order valence-electron chi connectivity index (χ1n) is 4.41. The van der Waals surface area contributed by atoms with Gasteiger partial charge >= 0.3 is 13.1 Å². The maximum Gasteiger partial charge on any atom is 0.493 e. The van der Waals surface area contributed by atoms with Crippen LogP contribution in [0.4, 0.5) is 5.69 Å². The van der Waals surface area contributed by atoms with Crippen LogP contribution in [-0.4, -0.2) is 34.7 Å². The fourth-order valence-corrected chi connectivity index (χ4v) is 1.37. The third kappa shape index (κ3) is 2.08. The molecule has 1 aliphatic heterocycles. The van der Waals surface area contributed by atoms with E-state index in [1.807, 2.05) is 0 Å². The monoisotopic (exact) mass is 208 g/mol. The second-order valence-corrected chi connectivity index (χ2v) is 3.17. The Morgan fingerprint density at radius 2 is 2.53 bits per heavy atom. The second kappa shape index (κ2) is 3.88. The summed E-state index contributed by atoms with van der Waals surface area (Å²) in [5.41, 5.74) is 1.83. The van der Waals surface area contributed by atoms with Crippen molar-refractivity contribution in [1.29, 1.82) is 0 Å². The number of aromatic nitrogens is 1. The molecule has 0 saturated heterocycles. The summed E-state index contributed by atoms with van der Waals surface area (Å²) in [7, 11) is -0.959. The number of fused-ring (bicyclic) bond motifs is 1. The Morgan fingerprint density at radius 1 is 1.73 bits per heavy atom. The minimum Gasteiger partial charge on any atom is -0.480 e. The molecule has 0 bridgehead atoms. The van der Waals surface area contributed by atoms with Gasteiger partial charge in [-0.1, -0.05) is 0 Å². The predicted molar refractivity (Wildman–Crippen MR) is 52.8 cm³/mol. The average Bonchev–Trinajstić information content (AvgIpc) is 2.57. The molecule has 1 aliphatic rings. The largest absolute Gasteiger partial charge is 0.493 e. The van der Waals surface area contributed by atoms with Crippen molar-refractivity contribution < 1.29 is 19.6 Å². The van der Waals surface area contributed by atoms with Gasteiger partial charge in [-0.15, -0.1) is 0 Å². The molecule has 0 unspecified atom stereocenters. The first kappa shape index (κ1) is 9.94. The number of aliphatic carboxylic acids is 1. The Labute approximate surface area is 86.0 Å². The maximum absolute atomic E-state index is 10.3. The molecule has 0 aliphatic carbocycles. The lowest BCUT2D eigenvalue weighted by atomic mass is 9.81. The summed E-state index contributed by atoms with van der Waals surface area (Å²) >= 11 is 0. The van der Waals surface area contributed by atoms with Crippen molar-refractivity contribution >= 4 is 24.2 Å². The number of nitrogens with zero attached hydrogens (tertiary/aromatic N) is 1. The van der Waals surface area contributed by atoms with Crippen LogP contribution < -0.4 is 10.8 Å². The van der Waals surface area contributed by atoms with Crippen LogP contribution in [0.2, 0.25) is 0 Å². The lowest BCUT2D eigenvalue weighted by Gasteiger charge is -2.04. The lowest BCUT2D eigenvalue weighted by molar-refractivity contribution is -0.134. The average molecular weight is 208 g/mol. The van der Waals surface area contributed by atoms with Gasteiger partial charge in [0, 0.05) is 5.46 Å². The van der Waals surface area contributed by atoms with Gasteiger partial charge in [0.25, 0.3) is 0 Å². The third-order valence-corrected chi connectivity index (χ3v) is 2.09. The zero-order valence-electron chi connectivity index (χ0n) is 7.80. The predicted octanol–water partition coefficient (Wildman–Crippen LogP) is -1.20. The summed E-state index contributed by atoms with van der Waals surface area (Å²) in [6.45, 7) is 0.104. The number of carboxylic acid groups (broad SMARTS) is 1. The normalized spacial score (nSPS) is 13.8. The first-order valence-corrected chi connectivity index (χ1v) is 4.41.